The summed E-state index contributed by atoms with van der Waals surface area (Å²) in [6.07, 6.45) is 10.8. The fourth-order valence-corrected chi connectivity index (χ4v) is 4.83. The number of hydrogen-bond donors (Lipinski definition) is 3. The smallest absolute Gasteiger partial charge is 0.258 e. The van der Waals surface area contributed by atoms with Gasteiger partial charge < -0.3 is 15.5 Å². The van der Waals surface area contributed by atoms with Crippen LogP contribution in [0.4, 0.5) is 14.5 Å². The van der Waals surface area contributed by atoms with Crippen molar-refractivity contribution in [2.24, 2.45) is 4.99 Å². The van der Waals surface area contributed by atoms with Crippen molar-refractivity contribution in [1.29, 1.82) is 0 Å². The average Bonchev–Trinajstić information content (AvgIpc) is 3.32. The number of hydrogen-bond acceptors (Lipinski definition) is 6. The van der Waals surface area contributed by atoms with Gasteiger partial charge in [-0.15, -0.1) is 0 Å². The Labute approximate surface area is 216 Å². The predicted molar refractivity (Wildman–Crippen MR) is 139 cm³/mol. The number of nitrogens with one attached hydrogen (secondary N) is 3. The first-order valence-corrected chi connectivity index (χ1v) is 13.2. The van der Waals surface area contributed by atoms with Gasteiger partial charge in [0.05, 0.1) is 18.8 Å². The van der Waals surface area contributed by atoms with E-state index in [9.17, 15) is 13.6 Å². The molecule has 1 atom stereocenters. The van der Waals surface area contributed by atoms with Gasteiger partial charge in [-0.2, -0.15) is 5.01 Å². The summed E-state index contributed by atoms with van der Waals surface area (Å²) in [5.41, 5.74) is 5.23. The van der Waals surface area contributed by atoms with Crippen molar-refractivity contribution in [3.63, 3.8) is 0 Å². The number of nitrogens with zero attached hydrogens (tertiary/aromatic N) is 3. The molecule has 0 radical (unpaired) electrons. The number of pyridine rings is 1. The van der Waals surface area contributed by atoms with Crippen LogP contribution in [0.1, 0.15) is 80.5 Å². The van der Waals surface area contributed by atoms with Crippen LogP contribution in [0.2, 0.25) is 0 Å². The number of amides is 1. The molecule has 1 aliphatic carbocycles. The molecule has 0 spiro atoms. The summed E-state index contributed by atoms with van der Waals surface area (Å²) in [6, 6.07) is 7.19. The molecule has 1 unspecified atom stereocenters. The van der Waals surface area contributed by atoms with E-state index in [0.717, 1.165) is 49.2 Å². The Kier molecular flexibility index (Phi) is 9.78. The number of aliphatic imine (C=N–C) groups is 1. The first-order valence-electron chi connectivity index (χ1n) is 13.2. The minimum absolute atomic E-state index is 0.00518. The van der Waals surface area contributed by atoms with Gasteiger partial charge >= 0.3 is 0 Å². The van der Waals surface area contributed by atoms with Gasteiger partial charge in [0.25, 0.3) is 5.91 Å². The molecule has 200 valence electrons. The number of guanidine groups is 1. The van der Waals surface area contributed by atoms with Gasteiger partial charge in [0.1, 0.15) is 11.9 Å². The number of rotatable bonds is 7. The Morgan fingerprint density at radius 3 is 2.62 bits per heavy atom. The van der Waals surface area contributed by atoms with Crippen molar-refractivity contribution in [3.8, 4) is 0 Å². The van der Waals surface area contributed by atoms with E-state index in [2.05, 4.69) is 31.0 Å². The number of halogens is 2. The van der Waals surface area contributed by atoms with E-state index in [-0.39, 0.29) is 23.7 Å². The van der Waals surface area contributed by atoms with Gasteiger partial charge in [0.15, 0.2) is 17.6 Å². The van der Waals surface area contributed by atoms with Gasteiger partial charge in [-0.05, 0) is 50.1 Å². The molecule has 0 bridgehead atoms. The fraction of sp³-hybridized carbons (Fsp3) is 0.519. The lowest BCUT2D eigenvalue weighted by atomic mass is 10.0. The van der Waals surface area contributed by atoms with Gasteiger partial charge in [-0.25, -0.2) is 8.78 Å². The molecule has 0 saturated heterocycles. The molecule has 2 aromatic rings. The van der Waals surface area contributed by atoms with Crippen molar-refractivity contribution < 1.29 is 18.3 Å². The highest BCUT2D eigenvalue weighted by Gasteiger charge is 2.36. The second-order valence-electron chi connectivity index (χ2n) is 9.36. The maximum absolute atomic E-state index is 13.8. The number of anilines is 1. The summed E-state index contributed by atoms with van der Waals surface area (Å²) in [6.45, 7) is 3.15. The SMILES string of the molecule is CCOCCN=C(NC(=O)c1ccc(F)c(F)c1)NC1c2ncccc2NN1C1CCCCCCCC1. The quantitative estimate of drug-likeness (QED) is 0.276. The molecule has 1 amide bonds. The van der Waals surface area contributed by atoms with E-state index in [1.807, 2.05) is 19.1 Å². The number of carbonyl (C=O) groups is 1. The van der Waals surface area contributed by atoms with E-state index in [1.165, 1.54) is 31.7 Å². The zero-order chi connectivity index (χ0) is 26.0. The van der Waals surface area contributed by atoms with E-state index < -0.39 is 17.5 Å². The fourth-order valence-electron chi connectivity index (χ4n) is 4.83. The van der Waals surface area contributed by atoms with Crippen molar-refractivity contribution in [2.45, 2.75) is 70.5 Å². The molecular weight excluding hydrogens is 478 g/mol. The summed E-state index contributed by atoms with van der Waals surface area (Å²) in [7, 11) is 0. The number of fused-ring (bicyclic) bond motifs is 1. The van der Waals surface area contributed by atoms with Crippen molar-refractivity contribution in [2.75, 3.05) is 25.2 Å². The summed E-state index contributed by atoms with van der Waals surface area (Å²) < 4.78 is 32.6. The van der Waals surface area contributed by atoms with E-state index in [4.69, 9.17) is 4.74 Å². The highest BCUT2D eigenvalue weighted by Crippen LogP contribution is 2.35. The Bertz CT molecular complexity index is 1070. The van der Waals surface area contributed by atoms with E-state index >= 15 is 0 Å². The highest BCUT2D eigenvalue weighted by molar-refractivity contribution is 6.05. The molecule has 2 aliphatic rings. The zero-order valence-corrected chi connectivity index (χ0v) is 21.3. The first-order chi connectivity index (χ1) is 18.1. The lowest BCUT2D eigenvalue weighted by molar-refractivity contribution is 0.0971. The lowest BCUT2D eigenvalue weighted by Crippen LogP contribution is -2.50. The van der Waals surface area contributed by atoms with Crippen LogP contribution < -0.4 is 16.1 Å². The maximum atomic E-state index is 13.8. The normalized spacial score (nSPS) is 19.3. The third kappa shape index (κ3) is 7.23. The molecule has 2 heterocycles. The predicted octanol–water partition coefficient (Wildman–Crippen LogP) is 4.92. The van der Waals surface area contributed by atoms with Crippen LogP contribution in [0.3, 0.4) is 0 Å². The molecule has 1 aromatic heterocycles. The minimum atomic E-state index is -1.08. The molecule has 1 fully saturated rings. The Morgan fingerprint density at radius 1 is 1.14 bits per heavy atom. The standard InChI is InChI=1S/C27H36F2N6O2/c1-2-37-17-16-31-27(33-26(36)19-13-14-21(28)22(29)18-19)32-25-24-23(12-9-15-30-24)34-35(25)20-10-7-5-3-4-6-8-11-20/h9,12-15,18,20,25,34H,2-8,10-11,16-17H2,1H3,(H2,31,32,33,36). The second kappa shape index (κ2) is 13.4. The summed E-state index contributed by atoms with van der Waals surface area (Å²) in [4.78, 5) is 22.1. The van der Waals surface area contributed by atoms with Crippen LogP contribution in [0.25, 0.3) is 0 Å². The van der Waals surface area contributed by atoms with Crippen LogP contribution in [0.15, 0.2) is 41.5 Å². The van der Waals surface area contributed by atoms with Gasteiger partial charge in [-0.1, -0.05) is 38.5 Å². The number of carbonyl (C=O) groups excluding carboxylic acids is 1. The second-order valence-corrected chi connectivity index (χ2v) is 9.36. The number of ether oxygens (including phenoxy) is 1. The summed E-state index contributed by atoms with van der Waals surface area (Å²) in [5.74, 6) is -2.47. The highest BCUT2D eigenvalue weighted by atomic mass is 19.2. The zero-order valence-electron chi connectivity index (χ0n) is 21.3. The molecule has 1 saturated carbocycles. The molecule has 37 heavy (non-hydrogen) atoms. The van der Waals surface area contributed by atoms with Crippen LogP contribution in [0, 0.1) is 11.6 Å². The maximum Gasteiger partial charge on any atom is 0.258 e. The summed E-state index contributed by atoms with van der Waals surface area (Å²) >= 11 is 0. The molecule has 1 aromatic carbocycles. The van der Waals surface area contributed by atoms with Crippen molar-refractivity contribution >= 4 is 17.6 Å². The van der Waals surface area contributed by atoms with E-state index in [0.29, 0.717) is 19.8 Å². The Balaban J connectivity index is 1.57. The number of benzene rings is 1. The van der Waals surface area contributed by atoms with Crippen LogP contribution in [0.5, 0.6) is 0 Å². The monoisotopic (exact) mass is 514 g/mol. The minimum Gasteiger partial charge on any atom is -0.380 e. The van der Waals surface area contributed by atoms with Crippen LogP contribution in [-0.4, -0.2) is 47.7 Å². The van der Waals surface area contributed by atoms with Crippen LogP contribution >= 0.6 is 0 Å². The topological polar surface area (TPSA) is 90.9 Å². The first kappa shape index (κ1) is 26.9. The summed E-state index contributed by atoms with van der Waals surface area (Å²) in [5, 5.41) is 8.30. The average molecular weight is 515 g/mol. The van der Waals surface area contributed by atoms with Gasteiger partial charge in [-0.3, -0.25) is 20.1 Å². The number of hydrazine groups is 1. The van der Waals surface area contributed by atoms with E-state index in [1.54, 1.807) is 6.20 Å². The third-order valence-corrected chi connectivity index (χ3v) is 6.74. The molecule has 4 rings (SSSR count). The number of aromatic nitrogens is 1. The molecule has 3 N–H and O–H groups in total. The van der Waals surface area contributed by atoms with Crippen LogP contribution in [-0.2, 0) is 4.74 Å². The molecular formula is C27H36F2N6O2. The molecule has 1 aliphatic heterocycles. The third-order valence-electron chi connectivity index (χ3n) is 6.74. The molecule has 10 heteroatoms. The van der Waals surface area contributed by atoms with Gasteiger partial charge in [0, 0.05) is 24.4 Å². The van der Waals surface area contributed by atoms with Crippen molar-refractivity contribution in [1.82, 2.24) is 20.6 Å². The molecule has 8 nitrogen and oxygen atoms in total. The van der Waals surface area contributed by atoms with Crippen molar-refractivity contribution in [3.05, 3.63) is 59.4 Å². The Morgan fingerprint density at radius 2 is 1.89 bits per heavy atom. The largest absolute Gasteiger partial charge is 0.380 e. The Hall–Kier alpha value is -3.11. The van der Waals surface area contributed by atoms with Gasteiger partial charge in [0.2, 0.25) is 0 Å². The lowest BCUT2D eigenvalue weighted by Gasteiger charge is -2.33.